The monoisotopic (exact) mass is 344 g/mol. The largest absolute Gasteiger partial charge is 0.489 e. The van der Waals surface area contributed by atoms with Gasteiger partial charge in [0.15, 0.2) is 22.3 Å². The Morgan fingerprint density at radius 2 is 1.50 bits per heavy atom. The van der Waals surface area contributed by atoms with Crippen molar-refractivity contribution in [3.8, 4) is 5.75 Å². The molecule has 1 rings (SSSR count). The lowest BCUT2D eigenvalue weighted by atomic mass is 9.94. The predicted octanol–water partition coefficient (Wildman–Crippen LogP) is 3.55. The van der Waals surface area contributed by atoms with Crippen LogP contribution >= 0.6 is 0 Å². The predicted molar refractivity (Wildman–Crippen MR) is 70.2 cm³/mol. The summed E-state index contributed by atoms with van der Waals surface area (Å²) in [6.07, 6.45) is 0.740. The fourth-order valence-electron chi connectivity index (χ4n) is 1.73. The summed E-state index contributed by atoms with van der Waals surface area (Å²) in [4.78, 5) is -1.75. The molecule has 22 heavy (non-hydrogen) atoms. The van der Waals surface area contributed by atoms with Crippen molar-refractivity contribution in [2.45, 2.75) is 32.1 Å². The normalized spacial score (nSPS) is 14.7. The molecule has 126 valence electrons. The molecule has 1 aromatic rings. The van der Waals surface area contributed by atoms with Crippen LogP contribution in [0.2, 0.25) is 0 Å². The van der Waals surface area contributed by atoms with Crippen LogP contribution in [0.1, 0.15) is 27.2 Å². The summed E-state index contributed by atoms with van der Waals surface area (Å²) in [5, 5.41) is 0. The first kappa shape index (κ1) is 18.7. The van der Waals surface area contributed by atoms with Crippen LogP contribution in [0.15, 0.2) is 4.90 Å². The number of benzene rings is 1. The lowest BCUT2D eigenvalue weighted by Gasteiger charge is -2.20. The SMILES string of the molecule is CCC(C)C(C)COc1c(F)c(F)c(F)c(F)c1S(=O)(=O)O. The van der Waals surface area contributed by atoms with Gasteiger partial charge in [0.2, 0.25) is 11.6 Å². The Bertz CT molecular complexity index is 661. The molecule has 0 fully saturated rings. The van der Waals surface area contributed by atoms with E-state index in [9.17, 15) is 26.0 Å². The molecule has 2 atom stereocenters. The maximum Gasteiger partial charge on any atom is 0.301 e. The average Bonchev–Trinajstić information content (AvgIpc) is 2.44. The molecule has 4 nitrogen and oxygen atoms in total. The van der Waals surface area contributed by atoms with E-state index in [4.69, 9.17) is 9.29 Å². The molecule has 1 aromatic carbocycles. The summed E-state index contributed by atoms with van der Waals surface area (Å²) in [5.41, 5.74) is 0. The van der Waals surface area contributed by atoms with E-state index in [2.05, 4.69) is 0 Å². The van der Waals surface area contributed by atoms with Crippen LogP contribution < -0.4 is 4.74 Å². The molecule has 0 aromatic heterocycles. The van der Waals surface area contributed by atoms with Crippen molar-refractivity contribution in [3.05, 3.63) is 23.3 Å². The van der Waals surface area contributed by atoms with Gasteiger partial charge in [0.25, 0.3) is 0 Å². The van der Waals surface area contributed by atoms with Crippen molar-refractivity contribution in [2.24, 2.45) is 11.8 Å². The molecule has 2 unspecified atom stereocenters. The van der Waals surface area contributed by atoms with E-state index in [1.165, 1.54) is 0 Å². The van der Waals surface area contributed by atoms with Crippen molar-refractivity contribution < 1.29 is 35.3 Å². The van der Waals surface area contributed by atoms with Crippen LogP contribution in [0.5, 0.6) is 5.75 Å². The maximum atomic E-state index is 13.7. The molecular formula is C13H16F4O4S. The highest BCUT2D eigenvalue weighted by Gasteiger charge is 2.33. The van der Waals surface area contributed by atoms with Gasteiger partial charge in [0, 0.05) is 0 Å². The molecule has 1 N–H and O–H groups in total. The average molecular weight is 344 g/mol. The highest BCUT2D eigenvalue weighted by molar-refractivity contribution is 7.86. The summed E-state index contributed by atoms with van der Waals surface area (Å²) in [6.45, 7) is 5.16. The Balaban J connectivity index is 3.35. The second kappa shape index (κ2) is 6.82. The van der Waals surface area contributed by atoms with Crippen LogP contribution in [0.4, 0.5) is 17.6 Å². The highest BCUT2D eigenvalue weighted by atomic mass is 32.2. The number of hydrogen-bond donors (Lipinski definition) is 1. The third-order valence-electron chi connectivity index (χ3n) is 3.55. The Morgan fingerprint density at radius 3 is 1.95 bits per heavy atom. The lowest BCUT2D eigenvalue weighted by Crippen LogP contribution is -2.19. The fraction of sp³-hybridized carbons (Fsp3) is 0.538. The van der Waals surface area contributed by atoms with E-state index in [1.54, 1.807) is 6.92 Å². The molecule has 0 radical (unpaired) electrons. The first-order valence-electron chi connectivity index (χ1n) is 6.48. The lowest BCUT2D eigenvalue weighted by molar-refractivity contribution is 0.194. The zero-order chi connectivity index (χ0) is 17.2. The van der Waals surface area contributed by atoms with E-state index < -0.39 is 44.0 Å². The molecule has 0 bridgehead atoms. The molecule has 0 aliphatic heterocycles. The van der Waals surface area contributed by atoms with Crippen molar-refractivity contribution in [1.29, 1.82) is 0 Å². The number of halogens is 4. The number of ether oxygens (including phenoxy) is 1. The molecule has 0 amide bonds. The van der Waals surface area contributed by atoms with Gasteiger partial charge in [-0.05, 0) is 11.8 Å². The molecular weight excluding hydrogens is 328 g/mol. The second-order valence-electron chi connectivity index (χ2n) is 5.06. The van der Waals surface area contributed by atoms with Gasteiger partial charge in [-0.15, -0.1) is 0 Å². The summed E-state index contributed by atoms with van der Waals surface area (Å²) < 4.78 is 89.5. The Hall–Kier alpha value is -1.35. The van der Waals surface area contributed by atoms with Crippen LogP contribution in [-0.2, 0) is 10.1 Å². The topological polar surface area (TPSA) is 63.6 Å². The minimum Gasteiger partial charge on any atom is -0.489 e. The van der Waals surface area contributed by atoms with Gasteiger partial charge in [0.1, 0.15) is 0 Å². The van der Waals surface area contributed by atoms with Crippen LogP contribution in [0.25, 0.3) is 0 Å². The minimum atomic E-state index is -5.35. The van der Waals surface area contributed by atoms with Gasteiger partial charge in [-0.3, -0.25) is 4.55 Å². The number of rotatable bonds is 6. The Morgan fingerprint density at radius 1 is 1.00 bits per heavy atom. The highest BCUT2D eigenvalue weighted by Crippen LogP contribution is 2.34. The quantitative estimate of drug-likeness (QED) is 0.371. The molecule has 0 aliphatic rings. The first-order chi connectivity index (χ1) is 10.0. The fourth-order valence-corrected chi connectivity index (χ4v) is 2.43. The zero-order valence-corrected chi connectivity index (χ0v) is 13.0. The summed E-state index contributed by atoms with van der Waals surface area (Å²) in [6, 6.07) is 0. The van der Waals surface area contributed by atoms with E-state index in [1.807, 2.05) is 13.8 Å². The van der Waals surface area contributed by atoms with E-state index in [-0.39, 0.29) is 18.4 Å². The first-order valence-corrected chi connectivity index (χ1v) is 7.92. The Kier molecular flexibility index (Phi) is 5.80. The Labute approximate surface area is 125 Å². The van der Waals surface area contributed by atoms with Crippen LogP contribution in [0.3, 0.4) is 0 Å². The zero-order valence-electron chi connectivity index (χ0n) is 12.2. The number of hydrogen-bond acceptors (Lipinski definition) is 3. The van der Waals surface area contributed by atoms with Crippen molar-refractivity contribution in [1.82, 2.24) is 0 Å². The van der Waals surface area contributed by atoms with Crippen molar-refractivity contribution >= 4 is 10.1 Å². The molecule has 0 aliphatic carbocycles. The van der Waals surface area contributed by atoms with Crippen LogP contribution in [0, 0.1) is 35.1 Å². The van der Waals surface area contributed by atoms with E-state index in [0.717, 1.165) is 6.42 Å². The van der Waals surface area contributed by atoms with Crippen molar-refractivity contribution in [3.63, 3.8) is 0 Å². The summed E-state index contributed by atoms with van der Waals surface area (Å²) >= 11 is 0. The summed E-state index contributed by atoms with van der Waals surface area (Å²) in [7, 11) is -5.35. The molecule has 0 heterocycles. The molecule has 9 heteroatoms. The van der Waals surface area contributed by atoms with Crippen molar-refractivity contribution in [2.75, 3.05) is 6.61 Å². The van der Waals surface area contributed by atoms with Gasteiger partial charge < -0.3 is 4.74 Å². The van der Waals surface area contributed by atoms with Gasteiger partial charge in [0.05, 0.1) is 6.61 Å². The molecule has 0 spiro atoms. The maximum absolute atomic E-state index is 13.7. The smallest absolute Gasteiger partial charge is 0.301 e. The van der Waals surface area contributed by atoms with E-state index in [0.29, 0.717) is 0 Å². The van der Waals surface area contributed by atoms with Crippen LogP contribution in [-0.4, -0.2) is 19.6 Å². The van der Waals surface area contributed by atoms with E-state index >= 15 is 0 Å². The minimum absolute atomic E-state index is 0.104. The van der Waals surface area contributed by atoms with Gasteiger partial charge in [-0.1, -0.05) is 27.2 Å². The third kappa shape index (κ3) is 3.70. The molecule has 0 saturated heterocycles. The summed E-state index contributed by atoms with van der Waals surface area (Å²) in [5.74, 6) is -10.3. The molecule has 0 saturated carbocycles. The van der Waals surface area contributed by atoms with Gasteiger partial charge >= 0.3 is 10.1 Å². The standard InChI is InChI=1S/C13H16F4O4S/c1-4-6(2)7(3)5-21-12-10(16)8(14)9(15)11(17)13(12)22(18,19)20/h6-7H,4-5H2,1-3H3,(H,18,19,20). The van der Waals surface area contributed by atoms with Gasteiger partial charge in [-0.2, -0.15) is 12.8 Å². The second-order valence-corrected chi connectivity index (χ2v) is 6.42. The third-order valence-corrected chi connectivity index (χ3v) is 4.43. The van der Waals surface area contributed by atoms with Gasteiger partial charge in [-0.25, -0.2) is 13.2 Å².